The van der Waals surface area contributed by atoms with Gasteiger partial charge >= 0.3 is 0 Å². The summed E-state index contributed by atoms with van der Waals surface area (Å²) >= 11 is 13.8. The van der Waals surface area contributed by atoms with Crippen LogP contribution in [-0.4, -0.2) is 69.8 Å². The molecule has 0 saturated carbocycles. The van der Waals surface area contributed by atoms with E-state index in [0.29, 0.717) is 29.7 Å². The first-order valence-corrected chi connectivity index (χ1v) is 21.2. The van der Waals surface area contributed by atoms with E-state index in [4.69, 9.17) is 33.0 Å². The number of hydrogen-bond acceptors (Lipinski definition) is 5. The van der Waals surface area contributed by atoms with Gasteiger partial charge in [0.05, 0.1) is 34.0 Å². The Kier molecular flexibility index (Phi) is 12.2. The quantitative estimate of drug-likeness (QED) is 0.0808. The monoisotopic (exact) mass is 822 g/mol. The highest BCUT2D eigenvalue weighted by Crippen LogP contribution is 2.44. The second kappa shape index (κ2) is 17.0. The molecule has 0 aliphatic carbocycles. The molecule has 0 radical (unpaired) electrons. The molecular weight excluding hydrogens is 767 g/mol. The van der Waals surface area contributed by atoms with Crippen LogP contribution in [0.5, 0.6) is 5.75 Å². The van der Waals surface area contributed by atoms with Gasteiger partial charge < -0.3 is 23.7 Å². The Morgan fingerprint density at radius 3 is 2.28 bits per heavy atom. The topological polar surface area (TPSA) is 77.5 Å². The van der Waals surface area contributed by atoms with Crippen molar-refractivity contribution in [2.24, 2.45) is 13.0 Å². The third-order valence-electron chi connectivity index (χ3n) is 12.4. The number of likely N-dealkylation sites (tertiary alicyclic amines) is 1. The molecule has 7 rings (SSSR count). The fourth-order valence-electron chi connectivity index (χ4n) is 9.48. The molecule has 1 amide bonds. The van der Waals surface area contributed by atoms with Gasteiger partial charge in [-0.1, -0.05) is 29.3 Å². The summed E-state index contributed by atoms with van der Waals surface area (Å²) in [5, 5.41) is 8.59. The Bertz CT molecular complexity index is 2500. The van der Waals surface area contributed by atoms with E-state index in [1.807, 2.05) is 68.9 Å². The number of halogens is 2. The van der Waals surface area contributed by atoms with E-state index in [-0.39, 0.29) is 6.04 Å². The number of ether oxygens (including phenoxy) is 1. The minimum Gasteiger partial charge on any atom is -0.494 e. The highest BCUT2D eigenvalue weighted by molar-refractivity contribution is 6.35. The molecule has 1 aliphatic heterocycles. The Hall–Kier alpha value is -4.57. The molecule has 58 heavy (non-hydrogen) atoms. The van der Waals surface area contributed by atoms with Crippen molar-refractivity contribution in [1.29, 1.82) is 0 Å². The Balaban J connectivity index is 1.30. The lowest BCUT2D eigenvalue weighted by Gasteiger charge is -2.29. The fraction of sp³-hybridized carbons (Fsp3) is 0.426. The van der Waals surface area contributed by atoms with Crippen LogP contribution in [0.3, 0.4) is 0 Å². The molecule has 3 aromatic carbocycles. The third-order valence-corrected chi connectivity index (χ3v) is 13.3. The molecule has 1 atom stereocenters. The van der Waals surface area contributed by atoms with Gasteiger partial charge in [-0.25, -0.2) is 0 Å². The summed E-state index contributed by atoms with van der Waals surface area (Å²) < 4.78 is 12.9. The number of fused-ring (bicyclic) bond motifs is 2. The fourth-order valence-corrected chi connectivity index (χ4v) is 9.83. The number of aldehydes is 1. The SMILES string of the molecule is Cc1cc(OCCCc2c(C)n([C@H](C)CN(C=O)c3cn(C)c4c(C)cc(C=O)cc34)c3c(-c4c(C)nn(CC5CCN(C)CC5)c4C)c(Cl)ccc23)cc(C)c1Cl. The zero-order chi connectivity index (χ0) is 41.6. The number of carbonyl (C=O) groups is 2. The van der Waals surface area contributed by atoms with E-state index in [9.17, 15) is 9.59 Å². The molecule has 6 aromatic rings. The van der Waals surface area contributed by atoms with E-state index in [2.05, 4.69) is 55.0 Å². The zero-order valence-corrected chi connectivity index (χ0v) is 36.9. The van der Waals surface area contributed by atoms with E-state index >= 15 is 0 Å². The van der Waals surface area contributed by atoms with Crippen LogP contribution in [0.25, 0.3) is 32.9 Å². The third kappa shape index (κ3) is 7.81. The Morgan fingerprint density at radius 1 is 0.897 bits per heavy atom. The largest absolute Gasteiger partial charge is 0.494 e. The van der Waals surface area contributed by atoms with Gasteiger partial charge in [0, 0.05) is 76.2 Å². The van der Waals surface area contributed by atoms with E-state index in [1.165, 1.54) is 5.56 Å². The summed E-state index contributed by atoms with van der Waals surface area (Å²) in [5.41, 5.74) is 12.8. The van der Waals surface area contributed by atoms with Crippen molar-refractivity contribution < 1.29 is 14.3 Å². The maximum absolute atomic E-state index is 13.1. The molecular formula is C47H56Cl2N6O3. The predicted molar refractivity (Wildman–Crippen MR) is 239 cm³/mol. The first-order valence-electron chi connectivity index (χ1n) is 20.4. The van der Waals surface area contributed by atoms with Crippen LogP contribution in [0.4, 0.5) is 5.69 Å². The van der Waals surface area contributed by atoms with Gasteiger partial charge in [-0.2, -0.15) is 5.10 Å². The van der Waals surface area contributed by atoms with Crippen LogP contribution >= 0.6 is 23.2 Å². The standard InChI is InChI=1S/C47H56Cl2N6O3/c1-28-20-37(21-29(2)45(28)49)58-18-10-11-38-33(6)55(31(4)23-53(27-57)42-25-52(9)46-30(3)19-36(26-56)22-40(42)46)47-39(38)12-13-41(48)44(47)43-32(5)50-54(34(43)7)24-35-14-16-51(8)17-15-35/h12-13,19-22,25-27,31,35H,10-11,14-18,23-24H2,1-9H3/t31-/m1/s1. The smallest absolute Gasteiger partial charge is 0.214 e. The number of hydrogen-bond donors (Lipinski definition) is 0. The van der Waals surface area contributed by atoms with Crippen LogP contribution in [0, 0.1) is 47.5 Å². The number of benzene rings is 3. The first-order chi connectivity index (χ1) is 27.7. The van der Waals surface area contributed by atoms with Gasteiger partial charge in [-0.05, 0) is 153 Å². The predicted octanol–water partition coefficient (Wildman–Crippen LogP) is 10.5. The summed E-state index contributed by atoms with van der Waals surface area (Å²) in [7, 11) is 4.17. The second-order valence-corrected chi connectivity index (χ2v) is 17.4. The molecule has 0 bridgehead atoms. The Labute approximate surface area is 352 Å². The number of aromatic nitrogens is 4. The molecule has 0 N–H and O–H groups in total. The summed E-state index contributed by atoms with van der Waals surface area (Å²) in [5.74, 6) is 1.39. The van der Waals surface area contributed by atoms with Crippen molar-refractivity contribution >= 4 is 63.4 Å². The van der Waals surface area contributed by atoms with E-state index in [0.717, 1.165) is 141 Å². The molecule has 1 saturated heterocycles. The van der Waals surface area contributed by atoms with Crippen molar-refractivity contribution in [3.05, 3.63) is 97.5 Å². The van der Waals surface area contributed by atoms with E-state index in [1.54, 1.807) is 4.90 Å². The zero-order valence-electron chi connectivity index (χ0n) is 35.4. The van der Waals surface area contributed by atoms with Crippen molar-refractivity contribution in [2.75, 3.05) is 38.2 Å². The minimum atomic E-state index is -0.157. The highest BCUT2D eigenvalue weighted by atomic mass is 35.5. The number of anilines is 1. The van der Waals surface area contributed by atoms with Crippen molar-refractivity contribution in [2.45, 2.75) is 86.7 Å². The van der Waals surface area contributed by atoms with Gasteiger partial charge in [-0.3, -0.25) is 14.3 Å². The second-order valence-electron chi connectivity index (χ2n) is 16.6. The van der Waals surface area contributed by atoms with Crippen molar-refractivity contribution in [1.82, 2.24) is 23.8 Å². The lowest BCUT2D eigenvalue weighted by atomic mass is 9.96. The molecule has 0 unspecified atom stereocenters. The van der Waals surface area contributed by atoms with Crippen molar-refractivity contribution in [3.63, 3.8) is 0 Å². The summed E-state index contributed by atoms with van der Waals surface area (Å²) in [6.45, 7) is 18.7. The molecule has 3 aromatic heterocycles. The van der Waals surface area contributed by atoms with Gasteiger partial charge in [0.15, 0.2) is 0 Å². The summed E-state index contributed by atoms with van der Waals surface area (Å²) in [6, 6.07) is 11.8. The van der Waals surface area contributed by atoms with Crippen LogP contribution in [-0.2, 0) is 24.8 Å². The van der Waals surface area contributed by atoms with Gasteiger partial charge in [0.2, 0.25) is 6.41 Å². The molecule has 4 heterocycles. The van der Waals surface area contributed by atoms with Crippen LogP contribution in [0.1, 0.15) is 81.9 Å². The van der Waals surface area contributed by atoms with Gasteiger partial charge in [0.25, 0.3) is 0 Å². The number of aryl methyl sites for hydroxylation is 6. The minimum absolute atomic E-state index is 0.157. The van der Waals surface area contributed by atoms with Gasteiger partial charge in [0.1, 0.15) is 12.0 Å². The molecule has 0 spiro atoms. The molecule has 1 fully saturated rings. The molecule has 306 valence electrons. The number of nitrogens with zero attached hydrogens (tertiary/aromatic N) is 6. The molecule has 11 heteroatoms. The number of rotatable bonds is 14. The maximum Gasteiger partial charge on any atom is 0.214 e. The van der Waals surface area contributed by atoms with Crippen LogP contribution in [0.15, 0.2) is 42.6 Å². The normalized spacial score (nSPS) is 14.5. The van der Waals surface area contributed by atoms with Crippen LogP contribution in [0.2, 0.25) is 10.0 Å². The Morgan fingerprint density at radius 2 is 1.60 bits per heavy atom. The molecule has 1 aliphatic rings. The number of piperidine rings is 1. The summed E-state index contributed by atoms with van der Waals surface area (Å²) in [4.78, 5) is 29.2. The average molecular weight is 824 g/mol. The number of amides is 1. The first kappa shape index (κ1) is 41.6. The lowest BCUT2D eigenvalue weighted by Crippen LogP contribution is -2.32. The highest BCUT2D eigenvalue weighted by Gasteiger charge is 2.28. The van der Waals surface area contributed by atoms with Gasteiger partial charge in [-0.15, -0.1) is 0 Å². The van der Waals surface area contributed by atoms with Crippen LogP contribution < -0.4 is 9.64 Å². The average Bonchev–Trinajstić information content (AvgIpc) is 3.78. The van der Waals surface area contributed by atoms with Crippen molar-refractivity contribution in [3.8, 4) is 16.9 Å². The molecule has 9 nitrogen and oxygen atoms in total. The maximum atomic E-state index is 13.1. The number of carbonyl (C=O) groups excluding carboxylic acids is 2. The lowest BCUT2D eigenvalue weighted by molar-refractivity contribution is -0.107. The summed E-state index contributed by atoms with van der Waals surface area (Å²) in [6.07, 6.45) is 7.65. The van der Waals surface area contributed by atoms with E-state index < -0.39 is 0 Å².